The number of aliphatic hydroxyl groups is 1. The molecule has 0 aromatic heterocycles. The van der Waals surface area contributed by atoms with Gasteiger partial charge in [0.25, 0.3) is 0 Å². The van der Waals surface area contributed by atoms with Crippen molar-refractivity contribution < 1.29 is 5.11 Å². The Morgan fingerprint density at radius 2 is 1.70 bits per heavy atom. The number of halogens is 1. The smallest absolute Gasteiger partial charge is 0.0926 e. The molecular weight excluding hydrogens is 350 g/mol. The van der Waals surface area contributed by atoms with Crippen molar-refractivity contribution in [1.29, 1.82) is 0 Å². The topological polar surface area (TPSA) is 23.5 Å². The molecule has 2 saturated heterocycles. The standard InChI is InChI=1S/C20H22BrNO/c21-17-8-4-7-16(11-17)20(23)12-18-9-10-19(13-20)22(18)14-15-5-2-1-3-6-15/h1-8,11,18-19,23H,9-10,12-14H2/t18-,19+,20?. The lowest BCUT2D eigenvalue weighted by Gasteiger charge is -2.44. The summed E-state index contributed by atoms with van der Waals surface area (Å²) in [5.41, 5.74) is 1.75. The van der Waals surface area contributed by atoms with Crippen molar-refractivity contribution >= 4 is 15.9 Å². The first-order valence-electron chi connectivity index (χ1n) is 8.42. The van der Waals surface area contributed by atoms with Crippen LogP contribution in [0.15, 0.2) is 59.1 Å². The lowest BCUT2D eigenvalue weighted by molar-refractivity contribution is -0.0595. The summed E-state index contributed by atoms with van der Waals surface area (Å²) in [5.74, 6) is 0. The van der Waals surface area contributed by atoms with Crippen molar-refractivity contribution in [2.24, 2.45) is 0 Å². The van der Waals surface area contributed by atoms with Crippen LogP contribution < -0.4 is 0 Å². The first kappa shape index (κ1) is 15.4. The van der Waals surface area contributed by atoms with Crippen molar-refractivity contribution in [3.63, 3.8) is 0 Å². The highest BCUT2D eigenvalue weighted by molar-refractivity contribution is 9.10. The molecule has 2 aromatic rings. The van der Waals surface area contributed by atoms with Gasteiger partial charge in [-0.05, 0) is 48.9 Å². The number of benzene rings is 2. The first-order valence-corrected chi connectivity index (χ1v) is 9.21. The summed E-state index contributed by atoms with van der Waals surface area (Å²) < 4.78 is 1.04. The zero-order valence-electron chi connectivity index (χ0n) is 13.2. The maximum Gasteiger partial charge on any atom is 0.0926 e. The molecule has 2 fully saturated rings. The highest BCUT2D eigenvalue weighted by Gasteiger charge is 2.48. The summed E-state index contributed by atoms with van der Waals surface area (Å²) in [6.07, 6.45) is 4.08. The van der Waals surface area contributed by atoms with Crippen LogP contribution in [0, 0.1) is 0 Å². The van der Waals surface area contributed by atoms with E-state index in [0.29, 0.717) is 12.1 Å². The summed E-state index contributed by atoms with van der Waals surface area (Å²) >= 11 is 3.53. The van der Waals surface area contributed by atoms with Gasteiger partial charge in [0.2, 0.25) is 0 Å². The maximum absolute atomic E-state index is 11.3. The van der Waals surface area contributed by atoms with Gasteiger partial charge in [-0.2, -0.15) is 0 Å². The fourth-order valence-corrected chi connectivity index (χ4v) is 4.78. The van der Waals surface area contributed by atoms with Gasteiger partial charge in [-0.25, -0.2) is 0 Å². The Balaban J connectivity index is 1.55. The van der Waals surface area contributed by atoms with Gasteiger partial charge < -0.3 is 5.11 Å². The van der Waals surface area contributed by atoms with Crippen LogP contribution in [0.2, 0.25) is 0 Å². The predicted molar refractivity (Wildman–Crippen MR) is 96.1 cm³/mol. The quantitative estimate of drug-likeness (QED) is 0.860. The Hall–Kier alpha value is -1.16. The number of rotatable bonds is 3. The molecular formula is C20H22BrNO. The third-order valence-electron chi connectivity index (χ3n) is 5.49. The number of hydrogen-bond acceptors (Lipinski definition) is 2. The van der Waals surface area contributed by atoms with E-state index in [1.807, 2.05) is 12.1 Å². The lowest BCUT2D eigenvalue weighted by Crippen LogP contribution is -2.49. The fourth-order valence-electron chi connectivity index (χ4n) is 4.38. The second kappa shape index (κ2) is 6.04. The van der Waals surface area contributed by atoms with Gasteiger partial charge in [-0.15, -0.1) is 0 Å². The van der Waals surface area contributed by atoms with Gasteiger partial charge >= 0.3 is 0 Å². The summed E-state index contributed by atoms with van der Waals surface area (Å²) in [7, 11) is 0. The summed E-state index contributed by atoms with van der Waals surface area (Å²) in [5, 5.41) is 11.3. The van der Waals surface area contributed by atoms with Crippen LogP contribution in [0.5, 0.6) is 0 Å². The zero-order chi connectivity index (χ0) is 15.9. The second-order valence-corrected chi connectivity index (χ2v) is 7.91. The number of hydrogen-bond donors (Lipinski definition) is 1. The van der Waals surface area contributed by atoms with Crippen LogP contribution in [0.4, 0.5) is 0 Å². The van der Waals surface area contributed by atoms with E-state index in [2.05, 4.69) is 63.3 Å². The average molecular weight is 372 g/mol. The van der Waals surface area contributed by atoms with Crippen LogP contribution in [0.25, 0.3) is 0 Å². The molecule has 2 bridgehead atoms. The first-order chi connectivity index (χ1) is 11.1. The summed E-state index contributed by atoms with van der Waals surface area (Å²) in [6.45, 7) is 1.00. The Labute approximate surface area is 146 Å². The molecule has 2 nitrogen and oxygen atoms in total. The van der Waals surface area contributed by atoms with Crippen LogP contribution in [0.1, 0.15) is 36.8 Å². The van der Waals surface area contributed by atoms with Crippen molar-refractivity contribution in [2.75, 3.05) is 0 Å². The molecule has 0 spiro atoms. The van der Waals surface area contributed by atoms with E-state index in [-0.39, 0.29) is 0 Å². The minimum atomic E-state index is -0.678. The largest absolute Gasteiger partial charge is 0.385 e. The highest BCUT2D eigenvalue weighted by atomic mass is 79.9. The van der Waals surface area contributed by atoms with Gasteiger partial charge in [-0.3, -0.25) is 4.90 Å². The van der Waals surface area contributed by atoms with E-state index in [4.69, 9.17) is 0 Å². The molecule has 0 saturated carbocycles. The zero-order valence-corrected chi connectivity index (χ0v) is 14.7. The molecule has 2 aromatic carbocycles. The van der Waals surface area contributed by atoms with Crippen LogP contribution in [-0.2, 0) is 12.1 Å². The van der Waals surface area contributed by atoms with Crippen LogP contribution >= 0.6 is 15.9 Å². The van der Waals surface area contributed by atoms with Crippen molar-refractivity contribution in [3.8, 4) is 0 Å². The molecule has 2 aliphatic rings. The van der Waals surface area contributed by atoms with E-state index in [1.165, 1.54) is 18.4 Å². The Morgan fingerprint density at radius 3 is 2.35 bits per heavy atom. The van der Waals surface area contributed by atoms with E-state index in [1.54, 1.807) is 0 Å². The minimum absolute atomic E-state index is 0.484. The van der Waals surface area contributed by atoms with Gasteiger partial charge in [0, 0.05) is 23.1 Å². The minimum Gasteiger partial charge on any atom is -0.385 e. The number of nitrogens with zero attached hydrogens (tertiary/aromatic N) is 1. The fraction of sp³-hybridized carbons (Fsp3) is 0.400. The molecule has 4 rings (SSSR count). The molecule has 1 N–H and O–H groups in total. The predicted octanol–water partition coefficient (Wildman–Crippen LogP) is 4.46. The Morgan fingerprint density at radius 1 is 1.00 bits per heavy atom. The molecule has 2 heterocycles. The van der Waals surface area contributed by atoms with Gasteiger partial charge in [0.15, 0.2) is 0 Å². The van der Waals surface area contributed by atoms with Crippen LogP contribution in [-0.4, -0.2) is 22.1 Å². The van der Waals surface area contributed by atoms with E-state index in [9.17, 15) is 5.11 Å². The number of piperidine rings is 1. The van der Waals surface area contributed by atoms with Crippen molar-refractivity contribution in [2.45, 2.75) is 49.9 Å². The molecule has 0 aliphatic carbocycles. The van der Waals surface area contributed by atoms with Crippen molar-refractivity contribution in [1.82, 2.24) is 4.90 Å². The maximum atomic E-state index is 11.3. The van der Waals surface area contributed by atoms with Gasteiger partial charge in [0.05, 0.1) is 5.60 Å². The molecule has 0 amide bonds. The third kappa shape index (κ3) is 2.98. The van der Waals surface area contributed by atoms with Crippen LogP contribution in [0.3, 0.4) is 0 Å². The monoisotopic (exact) mass is 371 g/mol. The third-order valence-corrected chi connectivity index (χ3v) is 5.98. The molecule has 1 unspecified atom stereocenters. The lowest BCUT2D eigenvalue weighted by atomic mass is 9.80. The Bertz CT molecular complexity index is 673. The second-order valence-electron chi connectivity index (χ2n) is 6.99. The summed E-state index contributed by atoms with van der Waals surface area (Å²) in [6, 6.07) is 19.8. The molecule has 2 aliphatic heterocycles. The molecule has 120 valence electrons. The molecule has 23 heavy (non-hydrogen) atoms. The van der Waals surface area contributed by atoms with Gasteiger partial charge in [0.1, 0.15) is 0 Å². The normalized spacial score (nSPS) is 30.5. The Kier molecular flexibility index (Phi) is 4.04. The average Bonchev–Trinajstić information content (AvgIpc) is 2.80. The highest BCUT2D eigenvalue weighted by Crippen LogP contribution is 2.46. The van der Waals surface area contributed by atoms with E-state index in [0.717, 1.165) is 29.4 Å². The SMILES string of the molecule is OC1(c2cccc(Br)c2)C[C@H]2CC[C@@H](C1)N2Cc1ccccc1. The molecule has 3 heteroatoms. The molecule has 3 atom stereocenters. The molecule has 0 radical (unpaired) electrons. The van der Waals surface area contributed by atoms with E-state index >= 15 is 0 Å². The van der Waals surface area contributed by atoms with E-state index < -0.39 is 5.60 Å². The van der Waals surface area contributed by atoms with Gasteiger partial charge in [-0.1, -0.05) is 58.4 Å². The summed E-state index contributed by atoms with van der Waals surface area (Å²) in [4.78, 5) is 2.61. The van der Waals surface area contributed by atoms with Crippen molar-refractivity contribution in [3.05, 3.63) is 70.2 Å². The number of fused-ring (bicyclic) bond motifs is 2.